The number of halogens is 1. The van der Waals surface area contributed by atoms with Gasteiger partial charge in [0.25, 0.3) is 0 Å². The number of rotatable bonds is 2. The molecule has 1 aliphatic heterocycles. The Kier molecular flexibility index (Phi) is 4.00. The fourth-order valence-electron chi connectivity index (χ4n) is 3.78. The van der Waals surface area contributed by atoms with Gasteiger partial charge in [0.2, 0.25) is 5.91 Å². The topological polar surface area (TPSA) is 77.7 Å². The molecule has 3 aromatic heterocycles. The highest BCUT2D eigenvalue weighted by Gasteiger charge is 2.31. The van der Waals surface area contributed by atoms with Crippen LogP contribution in [0.4, 0.5) is 0 Å². The van der Waals surface area contributed by atoms with Crippen molar-refractivity contribution in [3.05, 3.63) is 29.1 Å². The molecule has 4 heterocycles. The summed E-state index contributed by atoms with van der Waals surface area (Å²) < 4.78 is 3.28. The summed E-state index contributed by atoms with van der Waals surface area (Å²) >= 11 is 3.65. The van der Waals surface area contributed by atoms with Crippen molar-refractivity contribution in [2.24, 2.45) is 5.92 Å². The Balaban J connectivity index is 1.81. The Morgan fingerprint density at radius 1 is 1.52 bits per heavy atom. The molecular weight excluding hydrogens is 382 g/mol. The van der Waals surface area contributed by atoms with E-state index in [0.29, 0.717) is 12.5 Å². The minimum Gasteiger partial charge on any atom is -0.346 e. The molecule has 1 fully saturated rings. The average Bonchev–Trinajstić information content (AvgIpc) is 3.20. The third kappa shape index (κ3) is 2.61. The number of H-pyrrole nitrogens is 1. The third-order valence-corrected chi connectivity index (χ3v) is 5.82. The van der Waals surface area contributed by atoms with E-state index in [1.165, 1.54) is 0 Å². The second kappa shape index (κ2) is 6.19. The highest BCUT2D eigenvalue weighted by Crippen LogP contribution is 2.37. The zero-order valence-corrected chi connectivity index (χ0v) is 15.5. The summed E-state index contributed by atoms with van der Waals surface area (Å²) in [5.74, 6) is 0.360. The van der Waals surface area contributed by atoms with Crippen molar-refractivity contribution in [3.8, 4) is 6.07 Å². The molecule has 2 atom stereocenters. The van der Waals surface area contributed by atoms with E-state index in [1.807, 2.05) is 29.4 Å². The van der Waals surface area contributed by atoms with Crippen LogP contribution < -0.4 is 0 Å². The van der Waals surface area contributed by atoms with Crippen LogP contribution in [0.25, 0.3) is 21.9 Å². The molecule has 1 saturated heterocycles. The van der Waals surface area contributed by atoms with Gasteiger partial charge in [-0.3, -0.25) is 4.79 Å². The number of nitrogens with one attached hydrogen (secondary N) is 1. The molecule has 0 bridgehead atoms. The predicted molar refractivity (Wildman–Crippen MR) is 98.9 cm³/mol. The summed E-state index contributed by atoms with van der Waals surface area (Å²) in [5.41, 5.74) is 1.99. The molecule has 128 valence electrons. The number of carbonyl (C=O) groups excluding carboxylic acids is 1. The van der Waals surface area contributed by atoms with E-state index in [2.05, 4.69) is 43.6 Å². The monoisotopic (exact) mass is 399 g/mol. The standard InChI is InChI=1S/C18H18BrN5O/c1-11-4-7-23(16(25)2-5-20)10-15(11)24-9-14(19)13-8-22-18-12(17(13)24)3-6-21-18/h3,6,8-9,11,15H,2,4,7,10H2,1H3,(H,21,22)/t11-,15+/m0/s1. The summed E-state index contributed by atoms with van der Waals surface area (Å²) in [6.45, 7) is 3.58. The van der Waals surface area contributed by atoms with E-state index in [4.69, 9.17) is 5.26 Å². The summed E-state index contributed by atoms with van der Waals surface area (Å²) in [4.78, 5) is 21.7. The quantitative estimate of drug-likeness (QED) is 0.714. The van der Waals surface area contributed by atoms with Gasteiger partial charge in [-0.25, -0.2) is 4.98 Å². The number of aromatic amines is 1. The second-order valence-corrected chi connectivity index (χ2v) is 7.51. The molecule has 0 saturated carbocycles. The van der Waals surface area contributed by atoms with Crippen LogP contribution in [0.2, 0.25) is 0 Å². The van der Waals surface area contributed by atoms with Gasteiger partial charge < -0.3 is 14.5 Å². The summed E-state index contributed by atoms with van der Waals surface area (Å²) in [5, 5.41) is 11.0. The molecule has 1 amide bonds. The van der Waals surface area contributed by atoms with Crippen LogP contribution in [-0.2, 0) is 4.79 Å². The number of hydrogen-bond acceptors (Lipinski definition) is 3. The first-order valence-corrected chi connectivity index (χ1v) is 9.16. The normalized spacial score (nSPS) is 20.9. The van der Waals surface area contributed by atoms with Crippen LogP contribution >= 0.6 is 15.9 Å². The maximum atomic E-state index is 12.2. The van der Waals surface area contributed by atoms with Gasteiger partial charge in [0.05, 0.1) is 17.6 Å². The number of likely N-dealkylation sites (tertiary alicyclic amines) is 1. The van der Waals surface area contributed by atoms with Crippen LogP contribution in [0.15, 0.2) is 29.1 Å². The maximum absolute atomic E-state index is 12.2. The molecule has 6 nitrogen and oxygen atoms in total. The summed E-state index contributed by atoms with van der Waals surface area (Å²) in [7, 11) is 0. The molecule has 0 unspecified atom stereocenters. The lowest BCUT2D eigenvalue weighted by atomic mass is 9.93. The highest BCUT2D eigenvalue weighted by molar-refractivity contribution is 9.10. The zero-order chi connectivity index (χ0) is 17.6. The molecule has 3 aromatic rings. The lowest BCUT2D eigenvalue weighted by molar-refractivity contribution is -0.132. The predicted octanol–water partition coefficient (Wildman–Crippen LogP) is 3.60. The molecule has 0 spiro atoms. The number of fused-ring (bicyclic) bond motifs is 3. The Morgan fingerprint density at radius 2 is 2.36 bits per heavy atom. The Bertz CT molecular complexity index is 998. The second-order valence-electron chi connectivity index (χ2n) is 6.65. The molecule has 0 radical (unpaired) electrons. The lowest BCUT2D eigenvalue weighted by Crippen LogP contribution is -2.43. The van der Waals surface area contributed by atoms with Crippen LogP contribution in [0.1, 0.15) is 25.8 Å². The van der Waals surface area contributed by atoms with E-state index < -0.39 is 0 Å². The first-order valence-electron chi connectivity index (χ1n) is 8.37. The van der Waals surface area contributed by atoms with Gasteiger partial charge in [0, 0.05) is 46.9 Å². The van der Waals surface area contributed by atoms with Crippen molar-refractivity contribution in [2.45, 2.75) is 25.8 Å². The van der Waals surface area contributed by atoms with Crippen molar-refractivity contribution in [3.63, 3.8) is 0 Å². The lowest BCUT2D eigenvalue weighted by Gasteiger charge is -2.38. The number of carbonyl (C=O) groups is 1. The number of pyridine rings is 1. The SMILES string of the molecule is C[C@H]1CCN(C(=O)CC#N)C[C@H]1n1cc(Br)c2cnc3[nH]ccc3c21. The first-order chi connectivity index (χ1) is 12.1. The number of piperidine rings is 1. The van der Waals surface area contributed by atoms with Crippen molar-refractivity contribution in [1.82, 2.24) is 19.4 Å². The summed E-state index contributed by atoms with van der Waals surface area (Å²) in [6, 6.07) is 4.18. The van der Waals surface area contributed by atoms with Gasteiger partial charge >= 0.3 is 0 Å². The minimum absolute atomic E-state index is 0.0524. The first kappa shape index (κ1) is 16.2. The van der Waals surface area contributed by atoms with Crippen LogP contribution in [0.5, 0.6) is 0 Å². The fraction of sp³-hybridized carbons (Fsp3) is 0.389. The molecule has 1 N–H and O–H groups in total. The summed E-state index contributed by atoms with van der Waals surface area (Å²) in [6.07, 6.45) is 6.75. The van der Waals surface area contributed by atoms with Crippen LogP contribution in [0.3, 0.4) is 0 Å². The van der Waals surface area contributed by atoms with Crippen LogP contribution in [-0.4, -0.2) is 38.4 Å². The van der Waals surface area contributed by atoms with Gasteiger partial charge in [-0.1, -0.05) is 6.92 Å². The molecule has 0 aromatic carbocycles. The van der Waals surface area contributed by atoms with Gasteiger partial charge in [-0.05, 0) is 34.3 Å². The largest absolute Gasteiger partial charge is 0.346 e. The van der Waals surface area contributed by atoms with Gasteiger partial charge in [-0.2, -0.15) is 5.26 Å². The number of nitrogens with zero attached hydrogens (tertiary/aromatic N) is 4. The molecule has 7 heteroatoms. The van der Waals surface area contributed by atoms with Crippen LogP contribution in [0, 0.1) is 17.2 Å². The smallest absolute Gasteiger partial charge is 0.236 e. The molecular formula is C18H18BrN5O. The minimum atomic E-state index is -0.0802. The Morgan fingerprint density at radius 3 is 3.16 bits per heavy atom. The zero-order valence-electron chi connectivity index (χ0n) is 13.9. The average molecular weight is 400 g/mol. The number of nitriles is 1. The van der Waals surface area contributed by atoms with Crippen molar-refractivity contribution in [2.75, 3.05) is 13.1 Å². The number of hydrogen-bond donors (Lipinski definition) is 1. The fourth-order valence-corrected chi connectivity index (χ4v) is 4.29. The Labute approximate surface area is 153 Å². The molecule has 25 heavy (non-hydrogen) atoms. The van der Waals surface area contributed by atoms with Gasteiger partial charge in [-0.15, -0.1) is 0 Å². The van der Waals surface area contributed by atoms with Crippen molar-refractivity contribution in [1.29, 1.82) is 5.26 Å². The van der Waals surface area contributed by atoms with Crippen molar-refractivity contribution >= 4 is 43.8 Å². The third-order valence-electron chi connectivity index (χ3n) is 5.19. The van der Waals surface area contributed by atoms with E-state index in [0.717, 1.165) is 39.4 Å². The van der Waals surface area contributed by atoms with Crippen molar-refractivity contribution < 1.29 is 4.79 Å². The van der Waals surface area contributed by atoms with E-state index in [9.17, 15) is 4.79 Å². The molecule has 0 aliphatic carbocycles. The maximum Gasteiger partial charge on any atom is 0.236 e. The van der Waals surface area contributed by atoms with Gasteiger partial charge in [0.1, 0.15) is 12.1 Å². The Hall–Kier alpha value is -2.33. The van der Waals surface area contributed by atoms with E-state index >= 15 is 0 Å². The molecule has 4 rings (SSSR count). The number of amides is 1. The number of aromatic nitrogens is 3. The van der Waals surface area contributed by atoms with E-state index in [1.54, 1.807) is 0 Å². The molecule has 1 aliphatic rings. The van der Waals surface area contributed by atoms with Gasteiger partial charge in [0.15, 0.2) is 0 Å². The highest BCUT2D eigenvalue weighted by atomic mass is 79.9. The van der Waals surface area contributed by atoms with E-state index in [-0.39, 0.29) is 18.4 Å².